The Balaban J connectivity index is 0. The largest absolute Gasteiger partial charge is 0.326 e. The Kier molecular flexibility index (Phi) is 8.91. The maximum absolute atomic E-state index is 6.01. The number of nitrogens with zero attached hydrogens (tertiary/aromatic N) is 3. The van der Waals surface area contributed by atoms with E-state index in [9.17, 15) is 0 Å². The lowest BCUT2D eigenvalue weighted by atomic mass is 9.78. The van der Waals surface area contributed by atoms with Crippen molar-refractivity contribution in [3.63, 3.8) is 0 Å². The Bertz CT molecular complexity index is 308. The molecule has 0 atom stereocenters. The van der Waals surface area contributed by atoms with Gasteiger partial charge in [-0.25, -0.2) is 0 Å². The molecule has 0 spiro atoms. The van der Waals surface area contributed by atoms with E-state index in [0.29, 0.717) is 0 Å². The van der Waals surface area contributed by atoms with Crippen molar-refractivity contribution in [1.29, 1.82) is 0 Å². The maximum atomic E-state index is 6.01. The van der Waals surface area contributed by atoms with E-state index in [1.54, 1.807) is 4.68 Å². The van der Waals surface area contributed by atoms with Crippen LogP contribution in [0.2, 0.25) is 0 Å². The van der Waals surface area contributed by atoms with Crippen molar-refractivity contribution < 1.29 is 0 Å². The highest BCUT2D eigenvalue weighted by Crippen LogP contribution is 2.29. The molecule has 1 rings (SSSR count). The molecule has 0 aliphatic carbocycles. The van der Waals surface area contributed by atoms with Crippen LogP contribution in [-0.4, -0.2) is 20.5 Å². The summed E-state index contributed by atoms with van der Waals surface area (Å²) in [4.78, 5) is 0. The summed E-state index contributed by atoms with van der Waals surface area (Å²) in [6, 6.07) is 0. The van der Waals surface area contributed by atoms with Gasteiger partial charge in [0.2, 0.25) is 0 Å². The van der Waals surface area contributed by atoms with Crippen molar-refractivity contribution in [2.45, 2.75) is 72.8 Å². The van der Waals surface area contributed by atoms with Crippen molar-refractivity contribution in [2.24, 2.45) is 12.8 Å². The molecular formula is C14H32N4. The molecule has 0 aliphatic rings. The predicted octanol–water partition coefficient (Wildman–Crippen LogP) is 3.27. The van der Waals surface area contributed by atoms with Crippen LogP contribution in [0.25, 0.3) is 0 Å². The van der Waals surface area contributed by atoms with Gasteiger partial charge in [0.1, 0.15) is 0 Å². The number of hydrogen-bond acceptors (Lipinski definition) is 3. The van der Waals surface area contributed by atoms with Gasteiger partial charge in [0.15, 0.2) is 0 Å². The Hall–Kier alpha value is -0.900. The molecule has 0 aromatic carbocycles. The van der Waals surface area contributed by atoms with Gasteiger partial charge in [-0.2, -0.15) is 0 Å². The smallest absolute Gasteiger partial charge is 0.0883 e. The number of aryl methyl sites for hydroxylation is 1. The summed E-state index contributed by atoms with van der Waals surface area (Å²) in [5.74, 6) is 0. The normalized spacial score (nSPS) is 11.0. The van der Waals surface area contributed by atoms with Crippen molar-refractivity contribution in [3.8, 4) is 0 Å². The first-order valence-corrected chi connectivity index (χ1v) is 6.86. The molecule has 0 radical (unpaired) electrons. The van der Waals surface area contributed by atoms with Crippen molar-refractivity contribution in [1.82, 2.24) is 15.0 Å². The number of aromatic nitrogens is 3. The SMILES string of the molecule is CC.CC.Cn1cc(C(C)(C)CC(C)(C)N)nn1. The molecule has 0 unspecified atom stereocenters. The average Bonchev–Trinajstić information content (AvgIpc) is 2.68. The minimum atomic E-state index is -0.180. The predicted molar refractivity (Wildman–Crippen MR) is 79.6 cm³/mol. The topological polar surface area (TPSA) is 56.7 Å². The second kappa shape index (κ2) is 8.25. The van der Waals surface area contributed by atoms with Crippen LogP contribution in [0.3, 0.4) is 0 Å². The second-order valence-electron chi connectivity index (χ2n) is 5.33. The molecule has 0 saturated carbocycles. The van der Waals surface area contributed by atoms with Crippen LogP contribution in [0, 0.1) is 0 Å². The van der Waals surface area contributed by atoms with Crippen LogP contribution in [0.5, 0.6) is 0 Å². The lowest BCUT2D eigenvalue weighted by Crippen LogP contribution is -2.39. The van der Waals surface area contributed by atoms with Crippen LogP contribution in [0.15, 0.2) is 6.20 Å². The summed E-state index contributed by atoms with van der Waals surface area (Å²) in [7, 11) is 1.88. The van der Waals surface area contributed by atoms with E-state index >= 15 is 0 Å². The second-order valence-corrected chi connectivity index (χ2v) is 5.33. The number of rotatable bonds is 3. The van der Waals surface area contributed by atoms with Crippen molar-refractivity contribution >= 4 is 0 Å². The molecule has 4 nitrogen and oxygen atoms in total. The van der Waals surface area contributed by atoms with Gasteiger partial charge in [-0.05, 0) is 20.3 Å². The van der Waals surface area contributed by atoms with E-state index in [4.69, 9.17) is 5.73 Å². The first-order valence-electron chi connectivity index (χ1n) is 6.86. The fraction of sp³-hybridized carbons (Fsp3) is 0.857. The van der Waals surface area contributed by atoms with Gasteiger partial charge >= 0.3 is 0 Å². The van der Waals surface area contributed by atoms with Gasteiger partial charge in [-0.15, -0.1) is 5.10 Å². The van der Waals surface area contributed by atoms with Crippen LogP contribution in [-0.2, 0) is 12.5 Å². The molecule has 0 fully saturated rings. The molecule has 0 saturated heterocycles. The minimum absolute atomic E-state index is 0.0213. The van der Waals surface area contributed by atoms with E-state index in [1.807, 2.05) is 54.8 Å². The Morgan fingerprint density at radius 3 is 1.83 bits per heavy atom. The summed E-state index contributed by atoms with van der Waals surface area (Å²) < 4.78 is 1.72. The zero-order valence-corrected chi connectivity index (χ0v) is 13.7. The molecule has 1 aromatic rings. The third-order valence-corrected chi connectivity index (χ3v) is 2.19. The van der Waals surface area contributed by atoms with Gasteiger partial charge in [-0.1, -0.05) is 46.8 Å². The molecule has 2 N–H and O–H groups in total. The van der Waals surface area contributed by atoms with E-state index in [2.05, 4.69) is 24.2 Å². The van der Waals surface area contributed by atoms with E-state index in [1.165, 1.54) is 0 Å². The molecule has 0 aliphatic heterocycles. The summed E-state index contributed by atoms with van der Waals surface area (Å²) in [5.41, 5.74) is 6.81. The summed E-state index contributed by atoms with van der Waals surface area (Å²) in [6.07, 6.45) is 2.84. The van der Waals surface area contributed by atoms with E-state index < -0.39 is 0 Å². The standard InChI is InChI=1S/C10H20N4.2C2H6/c1-9(2,7-10(3,4)11)8-6-14(5)13-12-8;2*1-2/h6H,7,11H2,1-5H3;2*1-2H3. The van der Waals surface area contributed by atoms with Crippen molar-refractivity contribution in [3.05, 3.63) is 11.9 Å². The van der Waals surface area contributed by atoms with Crippen LogP contribution in [0.4, 0.5) is 0 Å². The van der Waals surface area contributed by atoms with Gasteiger partial charge in [0.25, 0.3) is 0 Å². The number of hydrogen-bond donors (Lipinski definition) is 1. The molecular weight excluding hydrogens is 224 g/mol. The molecule has 1 heterocycles. The Labute approximate surface area is 113 Å². The molecule has 0 amide bonds. The minimum Gasteiger partial charge on any atom is -0.326 e. The fourth-order valence-corrected chi connectivity index (χ4v) is 1.89. The third kappa shape index (κ3) is 7.43. The monoisotopic (exact) mass is 256 g/mol. The molecule has 0 bridgehead atoms. The van der Waals surface area contributed by atoms with E-state index in [-0.39, 0.29) is 11.0 Å². The van der Waals surface area contributed by atoms with Crippen LogP contribution in [0.1, 0.15) is 67.5 Å². The average molecular weight is 256 g/mol. The number of nitrogens with two attached hydrogens (primary N) is 1. The van der Waals surface area contributed by atoms with Gasteiger partial charge in [-0.3, -0.25) is 4.68 Å². The zero-order chi connectivity index (χ0) is 15.0. The van der Waals surface area contributed by atoms with Crippen LogP contribution >= 0.6 is 0 Å². The first-order chi connectivity index (χ1) is 8.21. The highest BCUT2D eigenvalue weighted by atomic mass is 15.4. The van der Waals surface area contributed by atoms with Gasteiger partial charge in [0.05, 0.1) is 5.69 Å². The fourth-order valence-electron chi connectivity index (χ4n) is 1.89. The highest BCUT2D eigenvalue weighted by Gasteiger charge is 2.29. The quantitative estimate of drug-likeness (QED) is 0.903. The van der Waals surface area contributed by atoms with Gasteiger partial charge < -0.3 is 5.73 Å². The summed E-state index contributed by atoms with van der Waals surface area (Å²) >= 11 is 0. The Morgan fingerprint density at radius 2 is 1.56 bits per heavy atom. The molecule has 108 valence electrons. The highest BCUT2D eigenvalue weighted by molar-refractivity contribution is 5.10. The van der Waals surface area contributed by atoms with Crippen LogP contribution < -0.4 is 5.73 Å². The van der Waals surface area contributed by atoms with Gasteiger partial charge in [0, 0.05) is 24.2 Å². The summed E-state index contributed by atoms with van der Waals surface area (Å²) in [5, 5.41) is 8.07. The molecule has 18 heavy (non-hydrogen) atoms. The van der Waals surface area contributed by atoms with Crippen molar-refractivity contribution in [2.75, 3.05) is 0 Å². The Morgan fingerprint density at radius 1 is 1.11 bits per heavy atom. The summed E-state index contributed by atoms with van der Waals surface area (Å²) in [6.45, 7) is 16.4. The van der Waals surface area contributed by atoms with E-state index in [0.717, 1.165) is 12.1 Å². The lowest BCUT2D eigenvalue weighted by molar-refractivity contribution is 0.344. The lowest BCUT2D eigenvalue weighted by Gasteiger charge is -2.30. The third-order valence-electron chi connectivity index (χ3n) is 2.19. The first kappa shape index (κ1) is 19.4. The maximum Gasteiger partial charge on any atom is 0.0883 e. The molecule has 1 aromatic heterocycles. The molecule has 4 heteroatoms. The zero-order valence-electron chi connectivity index (χ0n) is 13.7.